The topological polar surface area (TPSA) is 39.9 Å². The van der Waals surface area contributed by atoms with Gasteiger partial charge < -0.3 is 9.30 Å². The molecule has 1 heterocycles. The largest absolute Gasteiger partial charge is 0.496 e. The Kier molecular flexibility index (Phi) is 6.23. The third kappa shape index (κ3) is 4.13. The first-order valence-electron chi connectivity index (χ1n) is 10.5. The van der Waals surface area contributed by atoms with E-state index in [9.17, 15) is 0 Å². The Balaban J connectivity index is 1.75. The molecule has 4 heteroatoms. The predicted octanol–water partition coefficient (Wildman–Crippen LogP) is 6.01. The van der Waals surface area contributed by atoms with Crippen molar-refractivity contribution in [3.05, 3.63) is 90.3 Å². The van der Waals surface area contributed by atoms with Gasteiger partial charge in [-0.25, -0.2) is 0 Å². The highest BCUT2D eigenvalue weighted by Gasteiger charge is 2.18. The standard InChI is InChI=1S/C26H27N3O/c1-3-4-18-29-25(27-28-26(29)23-16-10-11-17-24(23)30-2)19-21-14-8-9-15-22(21)20-12-6-5-7-13-20/h5-17H,3-4,18-19H2,1-2H3. The van der Waals surface area contributed by atoms with Gasteiger partial charge in [0.25, 0.3) is 0 Å². The van der Waals surface area contributed by atoms with Crippen LogP contribution in [0.1, 0.15) is 31.2 Å². The van der Waals surface area contributed by atoms with Gasteiger partial charge in [0.2, 0.25) is 0 Å². The van der Waals surface area contributed by atoms with E-state index < -0.39 is 0 Å². The van der Waals surface area contributed by atoms with E-state index in [0.29, 0.717) is 0 Å². The van der Waals surface area contributed by atoms with Crippen molar-refractivity contribution < 1.29 is 4.74 Å². The summed E-state index contributed by atoms with van der Waals surface area (Å²) in [5, 5.41) is 9.19. The van der Waals surface area contributed by atoms with Crippen molar-refractivity contribution >= 4 is 0 Å². The van der Waals surface area contributed by atoms with Gasteiger partial charge in [-0.05, 0) is 35.2 Å². The van der Waals surface area contributed by atoms with Crippen molar-refractivity contribution in [2.24, 2.45) is 0 Å². The van der Waals surface area contributed by atoms with Crippen molar-refractivity contribution in [1.29, 1.82) is 0 Å². The van der Waals surface area contributed by atoms with E-state index in [1.165, 1.54) is 16.7 Å². The Hall–Kier alpha value is -3.40. The van der Waals surface area contributed by atoms with E-state index in [1.54, 1.807) is 7.11 Å². The number of hydrogen-bond acceptors (Lipinski definition) is 3. The van der Waals surface area contributed by atoms with Crippen LogP contribution in [0.2, 0.25) is 0 Å². The summed E-state index contributed by atoms with van der Waals surface area (Å²) < 4.78 is 7.84. The molecule has 152 valence electrons. The van der Waals surface area contributed by atoms with Crippen LogP contribution in [0.25, 0.3) is 22.5 Å². The van der Waals surface area contributed by atoms with E-state index in [2.05, 4.69) is 70.2 Å². The van der Waals surface area contributed by atoms with Gasteiger partial charge in [-0.2, -0.15) is 0 Å². The summed E-state index contributed by atoms with van der Waals surface area (Å²) in [5.74, 6) is 2.67. The SMILES string of the molecule is CCCCn1c(Cc2ccccc2-c2ccccc2)nnc1-c1ccccc1OC. The average molecular weight is 398 g/mol. The Labute approximate surface area is 178 Å². The summed E-state index contributed by atoms with van der Waals surface area (Å²) in [7, 11) is 1.70. The molecule has 4 rings (SSSR count). The van der Waals surface area contributed by atoms with Gasteiger partial charge >= 0.3 is 0 Å². The first-order chi connectivity index (χ1) is 14.8. The first-order valence-corrected chi connectivity index (χ1v) is 10.5. The maximum Gasteiger partial charge on any atom is 0.167 e. The van der Waals surface area contributed by atoms with Crippen LogP contribution in [-0.2, 0) is 13.0 Å². The zero-order valence-electron chi connectivity index (χ0n) is 17.6. The number of unbranched alkanes of at least 4 members (excludes halogenated alkanes) is 1. The average Bonchev–Trinajstić information content (AvgIpc) is 3.20. The van der Waals surface area contributed by atoms with Gasteiger partial charge in [-0.1, -0.05) is 80.1 Å². The molecular weight excluding hydrogens is 370 g/mol. The van der Waals surface area contributed by atoms with Gasteiger partial charge in [0.15, 0.2) is 5.82 Å². The van der Waals surface area contributed by atoms with Crippen LogP contribution in [0.3, 0.4) is 0 Å². The minimum atomic E-state index is 0.733. The molecule has 0 aliphatic rings. The number of aromatic nitrogens is 3. The van der Waals surface area contributed by atoms with Crippen LogP contribution in [0.4, 0.5) is 0 Å². The van der Waals surface area contributed by atoms with Gasteiger partial charge in [0.05, 0.1) is 12.7 Å². The number of para-hydroxylation sites is 1. The third-order valence-electron chi connectivity index (χ3n) is 5.36. The maximum absolute atomic E-state index is 5.58. The maximum atomic E-state index is 5.58. The summed E-state index contributed by atoms with van der Waals surface area (Å²) in [6, 6.07) is 27.1. The second-order valence-corrected chi connectivity index (χ2v) is 7.35. The molecular formula is C26H27N3O. The van der Waals surface area contributed by atoms with Crippen LogP contribution in [0, 0.1) is 0 Å². The van der Waals surface area contributed by atoms with E-state index in [-0.39, 0.29) is 0 Å². The molecule has 0 fully saturated rings. The molecule has 0 N–H and O–H groups in total. The van der Waals surface area contributed by atoms with Crippen molar-refractivity contribution in [2.45, 2.75) is 32.7 Å². The highest BCUT2D eigenvalue weighted by atomic mass is 16.5. The van der Waals surface area contributed by atoms with Crippen molar-refractivity contribution in [1.82, 2.24) is 14.8 Å². The molecule has 0 atom stereocenters. The highest BCUT2D eigenvalue weighted by molar-refractivity contribution is 5.68. The van der Waals surface area contributed by atoms with Crippen LogP contribution in [0.5, 0.6) is 5.75 Å². The normalized spacial score (nSPS) is 10.9. The Morgan fingerprint density at radius 3 is 2.27 bits per heavy atom. The second kappa shape index (κ2) is 9.40. The monoisotopic (exact) mass is 397 g/mol. The van der Waals surface area contributed by atoms with E-state index in [0.717, 1.165) is 48.8 Å². The molecule has 30 heavy (non-hydrogen) atoms. The van der Waals surface area contributed by atoms with E-state index in [1.807, 2.05) is 30.3 Å². The van der Waals surface area contributed by atoms with Gasteiger partial charge in [0.1, 0.15) is 11.6 Å². The molecule has 0 bridgehead atoms. The third-order valence-corrected chi connectivity index (χ3v) is 5.36. The minimum Gasteiger partial charge on any atom is -0.496 e. The fraction of sp³-hybridized carbons (Fsp3) is 0.231. The zero-order valence-corrected chi connectivity index (χ0v) is 17.6. The van der Waals surface area contributed by atoms with Crippen LogP contribution >= 0.6 is 0 Å². The number of ether oxygens (including phenoxy) is 1. The Morgan fingerprint density at radius 2 is 1.50 bits per heavy atom. The van der Waals surface area contributed by atoms with Crippen molar-refractivity contribution in [3.8, 4) is 28.3 Å². The molecule has 4 aromatic rings. The number of hydrogen-bond donors (Lipinski definition) is 0. The van der Waals surface area contributed by atoms with Gasteiger partial charge in [-0.3, -0.25) is 0 Å². The number of methoxy groups -OCH3 is 1. The summed E-state index contributed by atoms with van der Waals surface area (Å²) >= 11 is 0. The first kappa shape index (κ1) is 19.9. The lowest BCUT2D eigenvalue weighted by atomic mass is 9.97. The van der Waals surface area contributed by atoms with E-state index >= 15 is 0 Å². The van der Waals surface area contributed by atoms with Gasteiger partial charge in [-0.15, -0.1) is 10.2 Å². The summed E-state index contributed by atoms with van der Waals surface area (Å²) in [5.41, 5.74) is 4.69. The molecule has 3 aromatic carbocycles. The zero-order chi connectivity index (χ0) is 20.8. The number of rotatable bonds is 8. The van der Waals surface area contributed by atoms with Crippen molar-refractivity contribution in [3.63, 3.8) is 0 Å². The lowest BCUT2D eigenvalue weighted by molar-refractivity contribution is 0.415. The minimum absolute atomic E-state index is 0.733. The number of nitrogens with zero attached hydrogens (tertiary/aromatic N) is 3. The second-order valence-electron chi connectivity index (χ2n) is 7.35. The fourth-order valence-corrected chi connectivity index (χ4v) is 3.79. The predicted molar refractivity (Wildman–Crippen MR) is 122 cm³/mol. The van der Waals surface area contributed by atoms with Crippen LogP contribution < -0.4 is 4.74 Å². The molecule has 0 amide bonds. The van der Waals surface area contributed by atoms with E-state index in [4.69, 9.17) is 4.74 Å². The Morgan fingerprint density at radius 1 is 0.800 bits per heavy atom. The lowest BCUT2D eigenvalue weighted by Gasteiger charge is -2.14. The molecule has 0 unspecified atom stereocenters. The summed E-state index contributed by atoms with van der Waals surface area (Å²) in [6.45, 7) is 3.09. The molecule has 0 aliphatic carbocycles. The molecule has 0 spiro atoms. The van der Waals surface area contributed by atoms with Crippen molar-refractivity contribution in [2.75, 3.05) is 7.11 Å². The fourth-order valence-electron chi connectivity index (χ4n) is 3.79. The Bertz CT molecular complexity index is 1100. The summed E-state index contributed by atoms with van der Waals surface area (Å²) in [4.78, 5) is 0. The quantitative estimate of drug-likeness (QED) is 0.365. The van der Waals surface area contributed by atoms with Gasteiger partial charge in [0, 0.05) is 13.0 Å². The molecule has 0 aliphatic heterocycles. The summed E-state index contributed by atoms with van der Waals surface area (Å²) in [6.07, 6.45) is 2.92. The molecule has 1 aromatic heterocycles. The highest BCUT2D eigenvalue weighted by Crippen LogP contribution is 2.30. The molecule has 4 nitrogen and oxygen atoms in total. The smallest absolute Gasteiger partial charge is 0.167 e. The molecule has 0 saturated heterocycles. The van der Waals surface area contributed by atoms with Crippen LogP contribution in [-0.4, -0.2) is 21.9 Å². The molecule has 0 radical (unpaired) electrons. The van der Waals surface area contributed by atoms with Crippen LogP contribution in [0.15, 0.2) is 78.9 Å². The lowest BCUT2D eigenvalue weighted by Crippen LogP contribution is -2.07. The number of benzene rings is 3. The molecule has 0 saturated carbocycles.